The topological polar surface area (TPSA) is 0 Å². The van der Waals surface area contributed by atoms with E-state index in [4.69, 9.17) is 0 Å². The molecule has 0 aromatic heterocycles. The fraction of sp³-hybridized carbons (Fsp3) is 0. The molecule has 6 heteroatoms. The molecule has 0 aromatic carbocycles. The van der Waals surface area contributed by atoms with Crippen LogP contribution in [0.4, 0.5) is 26.3 Å². The van der Waals surface area contributed by atoms with E-state index >= 15 is 0 Å². The summed E-state index contributed by atoms with van der Waals surface area (Å²) in [4.78, 5) is 0. The van der Waals surface area contributed by atoms with E-state index in [0.717, 1.165) is 0 Å². The maximum absolute atomic E-state index is 12.0. The molecule has 0 amide bonds. The number of hydrogen-bond acceptors (Lipinski definition) is 0. The third-order valence-corrected chi connectivity index (χ3v) is 1.16. The van der Waals surface area contributed by atoms with Gasteiger partial charge in [-0.15, -0.1) is 0 Å². The molecule has 1 rings (SSSR count). The standard InChI is InChI=1S/C6F6/c7-1-2(8)4(10)6(12)5(11)3(1)9/q-1. The summed E-state index contributed by atoms with van der Waals surface area (Å²) in [6.07, 6.45) is -4.74. The molecule has 0 nitrogen and oxygen atoms in total. The maximum atomic E-state index is 12.0. The summed E-state index contributed by atoms with van der Waals surface area (Å²) < 4.78 is 72.2. The van der Waals surface area contributed by atoms with Crippen molar-refractivity contribution in [2.45, 2.75) is 0 Å². The number of allylic oxidation sites excluding steroid dienone is 4. The molecule has 0 unspecified atom stereocenters. The molecule has 1 aliphatic carbocycles. The number of hydrogen-bond donors (Lipinski definition) is 0. The highest BCUT2D eigenvalue weighted by atomic mass is 19.2. The summed E-state index contributed by atoms with van der Waals surface area (Å²) in [5, 5.41) is 0. The van der Waals surface area contributed by atoms with Crippen LogP contribution in [0.2, 0.25) is 0 Å². The van der Waals surface area contributed by atoms with Crippen LogP contribution in [-0.2, 0) is 0 Å². The summed E-state index contributed by atoms with van der Waals surface area (Å²) in [5.74, 6) is -9.48. The van der Waals surface area contributed by atoms with Crippen molar-refractivity contribution in [2.75, 3.05) is 0 Å². The third-order valence-electron chi connectivity index (χ3n) is 1.16. The summed E-state index contributed by atoms with van der Waals surface area (Å²) in [6, 6.07) is 0. The van der Waals surface area contributed by atoms with Crippen LogP contribution in [-0.4, -0.2) is 0 Å². The Kier molecular flexibility index (Phi) is 2.08. The van der Waals surface area contributed by atoms with E-state index in [1.807, 2.05) is 0 Å². The van der Waals surface area contributed by atoms with Crippen molar-refractivity contribution < 1.29 is 26.3 Å². The van der Waals surface area contributed by atoms with Crippen molar-refractivity contribution in [3.8, 4) is 0 Å². The Morgan fingerprint density at radius 3 is 1.42 bits per heavy atom. The fourth-order valence-electron chi connectivity index (χ4n) is 0.578. The van der Waals surface area contributed by atoms with Crippen LogP contribution >= 0.6 is 0 Å². The normalized spacial score (nSPS) is 21.0. The molecular formula is C6F6-. The van der Waals surface area contributed by atoms with Gasteiger partial charge in [-0.1, -0.05) is 0 Å². The first-order chi connectivity index (χ1) is 5.46. The average Bonchev–Trinajstić information content (AvgIpc) is 2.08. The maximum Gasteiger partial charge on any atom is 0.156 e. The summed E-state index contributed by atoms with van der Waals surface area (Å²) in [7, 11) is 0. The summed E-state index contributed by atoms with van der Waals surface area (Å²) in [5.41, 5.74) is 0. The van der Waals surface area contributed by atoms with Gasteiger partial charge in [-0.25, -0.2) is 8.78 Å². The Morgan fingerprint density at radius 1 is 0.750 bits per heavy atom. The Labute approximate surface area is 63.2 Å². The highest BCUT2D eigenvalue weighted by Gasteiger charge is 2.30. The van der Waals surface area contributed by atoms with E-state index in [2.05, 4.69) is 0 Å². The van der Waals surface area contributed by atoms with E-state index in [-0.39, 0.29) is 0 Å². The molecule has 0 atom stereocenters. The monoisotopic (exact) mass is 186 g/mol. The van der Waals surface area contributed by atoms with Crippen LogP contribution in [0.15, 0.2) is 23.3 Å². The van der Waals surface area contributed by atoms with Crippen LogP contribution in [0.3, 0.4) is 0 Å². The van der Waals surface area contributed by atoms with Gasteiger partial charge in [-0.3, -0.25) is 17.6 Å². The Hall–Kier alpha value is -1.07. The molecule has 67 valence electrons. The van der Waals surface area contributed by atoms with Crippen LogP contribution in [0.25, 0.3) is 0 Å². The van der Waals surface area contributed by atoms with Crippen molar-refractivity contribution in [2.24, 2.45) is 0 Å². The van der Waals surface area contributed by atoms with Crippen LogP contribution in [0.5, 0.6) is 0 Å². The molecule has 0 aromatic rings. The lowest BCUT2D eigenvalue weighted by atomic mass is 10.1. The van der Waals surface area contributed by atoms with Crippen LogP contribution < -0.4 is 0 Å². The second-order valence-electron chi connectivity index (χ2n) is 1.88. The van der Waals surface area contributed by atoms with Gasteiger partial charge in [-0.05, 0) is 0 Å². The second kappa shape index (κ2) is 2.76. The fourth-order valence-corrected chi connectivity index (χ4v) is 0.578. The van der Waals surface area contributed by atoms with Crippen LogP contribution in [0, 0.1) is 12.3 Å². The van der Waals surface area contributed by atoms with Gasteiger partial charge in [0.2, 0.25) is 0 Å². The summed E-state index contributed by atoms with van der Waals surface area (Å²) in [6.45, 7) is 0. The van der Waals surface area contributed by atoms with Crippen molar-refractivity contribution in [3.63, 3.8) is 0 Å². The SMILES string of the molecule is F[C]1C(F)=C(F)[C-](F)C(F)=C1F. The van der Waals surface area contributed by atoms with E-state index in [1.54, 1.807) is 0 Å². The van der Waals surface area contributed by atoms with Gasteiger partial charge in [0.05, 0.1) is 29.5 Å². The summed E-state index contributed by atoms with van der Waals surface area (Å²) >= 11 is 0. The minimum absolute atomic E-state index is 2.37. The van der Waals surface area contributed by atoms with Crippen molar-refractivity contribution in [1.82, 2.24) is 0 Å². The molecule has 0 fully saturated rings. The molecule has 0 aliphatic heterocycles. The van der Waals surface area contributed by atoms with Gasteiger partial charge in [-0.2, -0.15) is 0 Å². The predicted octanol–water partition coefficient (Wildman–Crippen LogP) is 3.30. The largest absolute Gasteiger partial charge is 0.282 e. The van der Waals surface area contributed by atoms with Gasteiger partial charge >= 0.3 is 0 Å². The zero-order chi connectivity index (χ0) is 9.46. The second-order valence-corrected chi connectivity index (χ2v) is 1.88. The molecular weight excluding hydrogens is 186 g/mol. The third kappa shape index (κ3) is 1.07. The average molecular weight is 186 g/mol. The molecule has 12 heavy (non-hydrogen) atoms. The molecule has 1 radical (unpaired) electrons. The first kappa shape index (κ1) is 9.02. The van der Waals surface area contributed by atoms with Crippen molar-refractivity contribution >= 4 is 0 Å². The lowest BCUT2D eigenvalue weighted by Crippen LogP contribution is -2.08. The minimum atomic E-state index is -2.37. The van der Waals surface area contributed by atoms with Crippen molar-refractivity contribution in [1.29, 1.82) is 0 Å². The van der Waals surface area contributed by atoms with Gasteiger partial charge in [0.1, 0.15) is 0 Å². The quantitative estimate of drug-likeness (QED) is 0.402. The van der Waals surface area contributed by atoms with Gasteiger partial charge in [0.25, 0.3) is 0 Å². The van der Waals surface area contributed by atoms with Gasteiger partial charge < -0.3 is 0 Å². The predicted molar refractivity (Wildman–Crippen MR) is 27.2 cm³/mol. The Morgan fingerprint density at radius 2 is 1.08 bits per heavy atom. The van der Waals surface area contributed by atoms with E-state index in [1.165, 1.54) is 0 Å². The zero-order valence-electron chi connectivity index (χ0n) is 5.27. The molecule has 0 saturated heterocycles. The number of rotatable bonds is 0. The lowest BCUT2D eigenvalue weighted by Gasteiger charge is -2.22. The molecule has 0 N–H and O–H groups in total. The Bertz CT molecular complexity index is 213. The first-order valence-corrected chi connectivity index (χ1v) is 2.63. The zero-order valence-corrected chi connectivity index (χ0v) is 5.27. The highest BCUT2D eigenvalue weighted by molar-refractivity contribution is 5.46. The van der Waals surface area contributed by atoms with Crippen LogP contribution in [0.1, 0.15) is 0 Å². The molecule has 0 bridgehead atoms. The first-order valence-electron chi connectivity index (χ1n) is 2.63. The lowest BCUT2D eigenvalue weighted by molar-refractivity contribution is 0.322. The van der Waals surface area contributed by atoms with Gasteiger partial charge in [0, 0.05) is 0 Å². The molecule has 0 spiro atoms. The highest BCUT2D eigenvalue weighted by Crippen LogP contribution is 2.44. The van der Waals surface area contributed by atoms with Gasteiger partial charge in [0.15, 0.2) is 6.17 Å². The van der Waals surface area contributed by atoms with E-state index in [0.29, 0.717) is 0 Å². The number of halogens is 6. The molecule has 0 saturated carbocycles. The smallest absolute Gasteiger partial charge is 0.156 e. The van der Waals surface area contributed by atoms with E-state index in [9.17, 15) is 26.3 Å². The Balaban J connectivity index is 3.13. The van der Waals surface area contributed by atoms with E-state index < -0.39 is 35.7 Å². The van der Waals surface area contributed by atoms with Crippen molar-refractivity contribution in [3.05, 3.63) is 35.7 Å². The molecule has 1 aliphatic rings. The minimum Gasteiger partial charge on any atom is -0.282 e. The molecule has 0 heterocycles.